The van der Waals surface area contributed by atoms with Gasteiger partial charge in [-0.05, 0) is 72.4 Å². The molecule has 0 bridgehead atoms. The number of aromatic nitrogens is 3. The van der Waals surface area contributed by atoms with Crippen LogP contribution in [0.5, 0.6) is 5.75 Å². The summed E-state index contributed by atoms with van der Waals surface area (Å²) in [6.45, 7) is 0.654. The number of hydrogen-bond donors (Lipinski definition) is 1. The van der Waals surface area contributed by atoms with Crippen molar-refractivity contribution in [1.82, 2.24) is 24.8 Å². The highest BCUT2D eigenvalue weighted by molar-refractivity contribution is 7.80. The number of hydrogen-bond acceptors (Lipinski definition) is 4. The van der Waals surface area contributed by atoms with Crippen LogP contribution in [0.25, 0.3) is 5.69 Å². The minimum absolute atomic E-state index is 0.0466. The van der Waals surface area contributed by atoms with E-state index in [1.54, 1.807) is 13.3 Å². The largest absolute Gasteiger partial charge is 0.497 e. The van der Waals surface area contributed by atoms with Crippen molar-refractivity contribution in [2.45, 2.75) is 18.6 Å². The minimum Gasteiger partial charge on any atom is -0.497 e. The van der Waals surface area contributed by atoms with E-state index in [1.165, 1.54) is 0 Å². The molecule has 0 unspecified atom stereocenters. The lowest BCUT2D eigenvalue weighted by Crippen LogP contribution is -2.30. The highest BCUT2D eigenvalue weighted by atomic mass is 32.1. The van der Waals surface area contributed by atoms with Crippen LogP contribution < -0.4 is 10.1 Å². The quantitative estimate of drug-likeness (QED) is 0.446. The van der Waals surface area contributed by atoms with Gasteiger partial charge >= 0.3 is 0 Å². The fourth-order valence-electron chi connectivity index (χ4n) is 4.20. The zero-order valence-corrected chi connectivity index (χ0v) is 18.4. The molecule has 7 heteroatoms. The summed E-state index contributed by atoms with van der Waals surface area (Å²) in [5.41, 5.74) is 4.24. The van der Waals surface area contributed by atoms with E-state index >= 15 is 0 Å². The molecule has 0 spiro atoms. The van der Waals surface area contributed by atoms with Crippen LogP contribution >= 0.6 is 12.2 Å². The lowest BCUT2D eigenvalue weighted by molar-refractivity contribution is 0.302. The molecule has 1 fully saturated rings. The molecule has 1 N–H and O–H groups in total. The van der Waals surface area contributed by atoms with E-state index in [9.17, 15) is 0 Å². The molecule has 0 radical (unpaired) electrons. The van der Waals surface area contributed by atoms with Crippen molar-refractivity contribution in [3.63, 3.8) is 0 Å². The van der Waals surface area contributed by atoms with Crippen LogP contribution in [0.2, 0.25) is 0 Å². The number of rotatable bonds is 6. The standard InChI is InChI=1S/C25H23N5OS/c1-31-20-11-9-19(10-12-20)29-15-5-8-22(29)24-23(21-7-2-3-14-27-21)28-25(32)30(24)17-18-6-4-13-26-16-18/h2-16,23-24H,17H2,1H3,(H,28,32)/t23-,24+/m0/s1. The van der Waals surface area contributed by atoms with Crippen LogP contribution in [0.15, 0.2) is 91.5 Å². The average molecular weight is 442 g/mol. The first-order valence-electron chi connectivity index (χ1n) is 10.4. The first-order chi connectivity index (χ1) is 15.7. The molecule has 5 rings (SSSR count). The fraction of sp³-hybridized carbons (Fsp3) is 0.160. The number of methoxy groups -OCH3 is 1. The Morgan fingerprint density at radius 2 is 1.88 bits per heavy atom. The Kier molecular flexibility index (Phi) is 5.56. The fourth-order valence-corrected chi connectivity index (χ4v) is 4.50. The zero-order chi connectivity index (χ0) is 21.9. The van der Waals surface area contributed by atoms with Crippen LogP contribution in [0.1, 0.15) is 29.0 Å². The maximum atomic E-state index is 5.80. The van der Waals surface area contributed by atoms with Crippen LogP contribution in [0.4, 0.5) is 0 Å². The zero-order valence-electron chi connectivity index (χ0n) is 17.6. The summed E-state index contributed by atoms with van der Waals surface area (Å²) in [5.74, 6) is 0.829. The minimum atomic E-state index is -0.0766. The van der Waals surface area contributed by atoms with Crippen molar-refractivity contribution in [1.29, 1.82) is 0 Å². The summed E-state index contributed by atoms with van der Waals surface area (Å²) in [6, 6.07) is 22.2. The molecular formula is C25H23N5OS. The summed E-state index contributed by atoms with van der Waals surface area (Å²) in [4.78, 5) is 11.1. The van der Waals surface area contributed by atoms with Gasteiger partial charge in [0.1, 0.15) is 5.75 Å². The van der Waals surface area contributed by atoms with Crippen molar-refractivity contribution < 1.29 is 4.74 Å². The molecule has 0 amide bonds. The number of nitrogens with one attached hydrogen (secondary N) is 1. The molecule has 0 aliphatic carbocycles. The molecule has 1 aliphatic heterocycles. The average Bonchev–Trinajstić information content (AvgIpc) is 3.45. The number of nitrogens with zero attached hydrogens (tertiary/aromatic N) is 4. The van der Waals surface area contributed by atoms with Gasteiger partial charge < -0.3 is 19.5 Å². The van der Waals surface area contributed by atoms with Crippen molar-refractivity contribution in [3.8, 4) is 11.4 Å². The Morgan fingerprint density at radius 1 is 1.00 bits per heavy atom. The molecule has 2 atom stereocenters. The Balaban J connectivity index is 1.58. The van der Waals surface area contributed by atoms with E-state index in [0.717, 1.165) is 28.4 Å². The molecule has 0 saturated carbocycles. The molecule has 4 heterocycles. The summed E-state index contributed by atoms with van der Waals surface area (Å²) >= 11 is 5.80. The van der Waals surface area contributed by atoms with Gasteiger partial charge in [0.25, 0.3) is 0 Å². The lowest BCUT2D eigenvalue weighted by atomic mass is 10.0. The molecule has 1 aliphatic rings. The van der Waals surface area contributed by atoms with Gasteiger partial charge in [0.2, 0.25) is 0 Å². The topological polar surface area (TPSA) is 55.2 Å². The van der Waals surface area contributed by atoms with Crippen LogP contribution in [-0.2, 0) is 6.54 Å². The number of benzene rings is 1. The SMILES string of the molecule is COc1ccc(-n2cccc2[C@@H]2[C@H](c3ccccn3)NC(=S)N2Cc2cccnc2)cc1. The Bertz CT molecular complexity index is 1190. The first-order valence-corrected chi connectivity index (χ1v) is 10.8. The summed E-state index contributed by atoms with van der Waals surface area (Å²) < 4.78 is 7.53. The van der Waals surface area contributed by atoms with E-state index in [-0.39, 0.29) is 12.1 Å². The van der Waals surface area contributed by atoms with Gasteiger partial charge in [-0.25, -0.2) is 0 Å². The van der Waals surface area contributed by atoms with Crippen molar-refractivity contribution in [3.05, 3.63) is 108 Å². The molecule has 3 aromatic heterocycles. The number of thiocarbonyl (C=S) groups is 1. The number of pyridine rings is 2. The lowest BCUT2D eigenvalue weighted by Gasteiger charge is -2.29. The summed E-state index contributed by atoms with van der Waals surface area (Å²) in [7, 11) is 1.68. The third-order valence-corrected chi connectivity index (χ3v) is 6.06. The van der Waals surface area contributed by atoms with Crippen molar-refractivity contribution in [2.75, 3.05) is 7.11 Å². The van der Waals surface area contributed by atoms with Gasteiger partial charge in [-0.2, -0.15) is 0 Å². The van der Waals surface area contributed by atoms with E-state index in [4.69, 9.17) is 17.0 Å². The maximum Gasteiger partial charge on any atom is 0.170 e. The molecule has 6 nitrogen and oxygen atoms in total. The third-order valence-electron chi connectivity index (χ3n) is 5.71. The molecule has 1 saturated heterocycles. The van der Waals surface area contributed by atoms with Crippen molar-refractivity contribution in [2.24, 2.45) is 0 Å². The van der Waals surface area contributed by atoms with E-state index in [0.29, 0.717) is 11.7 Å². The second-order valence-corrected chi connectivity index (χ2v) is 8.00. The summed E-state index contributed by atoms with van der Waals surface area (Å²) in [6.07, 6.45) is 7.57. The Morgan fingerprint density at radius 3 is 2.59 bits per heavy atom. The monoisotopic (exact) mass is 441 g/mol. The first kappa shape index (κ1) is 20.2. The summed E-state index contributed by atoms with van der Waals surface area (Å²) in [5, 5.41) is 4.22. The Labute approximate surface area is 192 Å². The second kappa shape index (κ2) is 8.80. The van der Waals surface area contributed by atoms with E-state index < -0.39 is 0 Å². The highest BCUT2D eigenvalue weighted by Gasteiger charge is 2.41. The maximum absolute atomic E-state index is 5.80. The number of ether oxygens (including phenoxy) is 1. The second-order valence-electron chi connectivity index (χ2n) is 7.62. The van der Waals surface area contributed by atoms with E-state index in [1.807, 2.05) is 48.8 Å². The van der Waals surface area contributed by atoms with Gasteiger partial charge in [-0.15, -0.1) is 0 Å². The molecule has 32 heavy (non-hydrogen) atoms. The Hall–Kier alpha value is -3.71. The van der Waals surface area contributed by atoms with Crippen LogP contribution in [0, 0.1) is 0 Å². The van der Waals surface area contributed by atoms with Gasteiger partial charge in [0.05, 0.1) is 24.9 Å². The van der Waals surface area contributed by atoms with Crippen LogP contribution in [0.3, 0.4) is 0 Å². The third kappa shape index (κ3) is 3.83. The van der Waals surface area contributed by atoms with Gasteiger partial charge in [-0.1, -0.05) is 12.1 Å². The highest BCUT2D eigenvalue weighted by Crippen LogP contribution is 2.40. The van der Waals surface area contributed by atoms with Gasteiger partial charge in [0, 0.05) is 42.7 Å². The van der Waals surface area contributed by atoms with Gasteiger partial charge in [0.15, 0.2) is 5.11 Å². The predicted octanol–water partition coefficient (Wildman–Crippen LogP) is 4.45. The van der Waals surface area contributed by atoms with Gasteiger partial charge in [-0.3, -0.25) is 9.97 Å². The van der Waals surface area contributed by atoms with E-state index in [2.05, 4.69) is 61.3 Å². The smallest absolute Gasteiger partial charge is 0.170 e. The normalized spacial score (nSPS) is 17.9. The molecular weight excluding hydrogens is 418 g/mol. The molecule has 160 valence electrons. The van der Waals surface area contributed by atoms with Crippen molar-refractivity contribution >= 4 is 17.3 Å². The molecule has 4 aromatic rings. The molecule has 1 aromatic carbocycles. The van der Waals surface area contributed by atoms with Crippen LogP contribution in [-0.4, -0.2) is 31.7 Å². The predicted molar refractivity (Wildman–Crippen MR) is 128 cm³/mol.